The van der Waals surface area contributed by atoms with Crippen molar-refractivity contribution in [1.82, 2.24) is 14.5 Å². The Balaban J connectivity index is 1.69. The number of aryl methyl sites for hydroxylation is 1. The molecule has 3 aromatic rings. The monoisotopic (exact) mass is 387 g/mol. The maximum absolute atomic E-state index is 12.6. The van der Waals surface area contributed by atoms with Gasteiger partial charge >= 0.3 is 0 Å². The number of hydrogen-bond acceptors (Lipinski definition) is 5. The summed E-state index contributed by atoms with van der Waals surface area (Å²) in [6, 6.07) is 18.3. The molecule has 0 unspecified atom stereocenters. The van der Waals surface area contributed by atoms with Crippen molar-refractivity contribution in [2.24, 2.45) is 7.05 Å². The lowest BCUT2D eigenvalue weighted by Gasteiger charge is -2.45. The Kier molecular flexibility index (Phi) is 5.08. The Hall–Kier alpha value is -3.17. The molecule has 2 aromatic heterocycles. The van der Waals surface area contributed by atoms with Crippen LogP contribution in [-0.4, -0.2) is 39.6 Å². The summed E-state index contributed by atoms with van der Waals surface area (Å²) in [7, 11) is 1.74. The van der Waals surface area contributed by atoms with Crippen LogP contribution in [0.2, 0.25) is 0 Å². The first kappa shape index (κ1) is 19.2. The zero-order valence-corrected chi connectivity index (χ0v) is 17.0. The van der Waals surface area contributed by atoms with E-state index in [-0.39, 0.29) is 11.6 Å². The first-order chi connectivity index (χ1) is 14.0. The second kappa shape index (κ2) is 7.69. The van der Waals surface area contributed by atoms with Crippen molar-refractivity contribution in [2.45, 2.75) is 32.5 Å². The van der Waals surface area contributed by atoms with Gasteiger partial charge in [-0.1, -0.05) is 30.3 Å². The smallest absolute Gasteiger partial charge is 0.252 e. The summed E-state index contributed by atoms with van der Waals surface area (Å²) < 4.78 is 1.59. The van der Waals surface area contributed by atoms with Crippen LogP contribution < -0.4 is 10.5 Å². The molecule has 148 valence electrons. The highest BCUT2D eigenvalue weighted by Crippen LogP contribution is 2.29. The number of hydrogen-bond donors (Lipinski definition) is 0. The van der Waals surface area contributed by atoms with Crippen molar-refractivity contribution in [1.29, 1.82) is 5.26 Å². The number of nitriles is 1. The second-order valence-corrected chi connectivity index (χ2v) is 7.87. The Bertz CT molecular complexity index is 1130. The summed E-state index contributed by atoms with van der Waals surface area (Å²) >= 11 is 0. The summed E-state index contributed by atoms with van der Waals surface area (Å²) in [4.78, 5) is 21.9. The Labute approximate surface area is 170 Å². The third-order valence-electron chi connectivity index (χ3n) is 5.84. The molecule has 1 aromatic carbocycles. The molecule has 0 amide bonds. The molecule has 1 aliphatic heterocycles. The molecule has 0 saturated carbocycles. The fourth-order valence-electron chi connectivity index (χ4n) is 4.17. The molecular formula is C23H25N5O. The van der Waals surface area contributed by atoms with Crippen LogP contribution in [0.4, 0.5) is 5.69 Å². The summed E-state index contributed by atoms with van der Waals surface area (Å²) in [5, 5.41) is 9.29. The maximum atomic E-state index is 12.6. The van der Waals surface area contributed by atoms with Crippen LogP contribution in [0, 0.1) is 11.3 Å². The van der Waals surface area contributed by atoms with E-state index in [0.29, 0.717) is 17.3 Å². The van der Waals surface area contributed by atoms with Gasteiger partial charge in [0.25, 0.3) is 5.56 Å². The number of anilines is 1. The molecule has 0 spiro atoms. The zero-order chi connectivity index (χ0) is 20.5. The van der Waals surface area contributed by atoms with E-state index < -0.39 is 0 Å². The predicted molar refractivity (Wildman–Crippen MR) is 115 cm³/mol. The van der Waals surface area contributed by atoms with E-state index in [0.717, 1.165) is 30.8 Å². The summed E-state index contributed by atoms with van der Waals surface area (Å²) in [5.74, 6) is 0. The average Bonchev–Trinajstić information content (AvgIpc) is 2.73. The van der Waals surface area contributed by atoms with Crippen molar-refractivity contribution in [3.63, 3.8) is 0 Å². The molecule has 1 fully saturated rings. The topological polar surface area (TPSA) is 65.2 Å². The first-order valence-corrected chi connectivity index (χ1v) is 9.93. The van der Waals surface area contributed by atoms with E-state index in [9.17, 15) is 10.1 Å². The van der Waals surface area contributed by atoms with E-state index in [1.54, 1.807) is 23.7 Å². The third-order valence-corrected chi connectivity index (χ3v) is 5.84. The van der Waals surface area contributed by atoms with Gasteiger partial charge in [0.1, 0.15) is 17.3 Å². The van der Waals surface area contributed by atoms with Crippen LogP contribution in [0.5, 0.6) is 0 Å². The molecule has 4 rings (SSSR count). The number of aromatic nitrogens is 2. The van der Waals surface area contributed by atoms with Gasteiger partial charge in [-0.05, 0) is 31.5 Å². The number of fused-ring (bicyclic) bond motifs is 1. The number of nitrogens with zero attached hydrogens (tertiary/aromatic N) is 5. The summed E-state index contributed by atoms with van der Waals surface area (Å²) in [5.41, 5.74) is 3.88. The third kappa shape index (κ3) is 3.62. The lowest BCUT2D eigenvalue weighted by atomic mass is 10.0. The van der Waals surface area contributed by atoms with Crippen LogP contribution in [0.15, 0.2) is 53.3 Å². The van der Waals surface area contributed by atoms with E-state index in [2.05, 4.69) is 59.0 Å². The Morgan fingerprint density at radius 2 is 1.86 bits per heavy atom. The van der Waals surface area contributed by atoms with Gasteiger partial charge in [0, 0.05) is 44.8 Å². The van der Waals surface area contributed by atoms with E-state index in [4.69, 9.17) is 0 Å². The normalized spacial score (nSPS) is 20.0. The molecule has 0 bridgehead atoms. The van der Waals surface area contributed by atoms with Crippen molar-refractivity contribution in [2.75, 3.05) is 18.0 Å². The Morgan fingerprint density at radius 1 is 1.10 bits per heavy atom. The molecule has 2 atom stereocenters. The second-order valence-electron chi connectivity index (χ2n) is 7.87. The maximum Gasteiger partial charge on any atom is 0.252 e. The van der Waals surface area contributed by atoms with Crippen LogP contribution in [0.3, 0.4) is 0 Å². The molecule has 6 heteroatoms. The Morgan fingerprint density at radius 3 is 2.59 bits per heavy atom. The summed E-state index contributed by atoms with van der Waals surface area (Å²) in [6.07, 6.45) is 0. The number of rotatable bonds is 3. The fraction of sp³-hybridized carbons (Fsp3) is 0.348. The zero-order valence-electron chi connectivity index (χ0n) is 17.0. The number of piperazine rings is 1. The van der Waals surface area contributed by atoms with E-state index >= 15 is 0 Å². The van der Waals surface area contributed by atoms with Gasteiger partial charge in [0.05, 0.1) is 11.2 Å². The van der Waals surface area contributed by atoms with Gasteiger partial charge in [-0.3, -0.25) is 9.69 Å². The van der Waals surface area contributed by atoms with E-state index in [1.807, 2.05) is 12.1 Å². The highest BCUT2D eigenvalue weighted by Gasteiger charge is 2.30. The van der Waals surface area contributed by atoms with Crippen LogP contribution >= 0.6 is 0 Å². The van der Waals surface area contributed by atoms with Gasteiger partial charge < -0.3 is 9.47 Å². The number of pyridine rings is 2. The van der Waals surface area contributed by atoms with Gasteiger partial charge in [0.2, 0.25) is 0 Å². The quantitative estimate of drug-likeness (QED) is 0.691. The molecule has 6 nitrogen and oxygen atoms in total. The van der Waals surface area contributed by atoms with Crippen molar-refractivity contribution in [3.05, 3.63) is 70.1 Å². The molecule has 1 aliphatic rings. The van der Waals surface area contributed by atoms with Gasteiger partial charge in [-0.25, -0.2) is 4.98 Å². The highest BCUT2D eigenvalue weighted by molar-refractivity contribution is 5.89. The lowest BCUT2D eigenvalue weighted by molar-refractivity contribution is 0.158. The molecule has 0 N–H and O–H groups in total. The van der Waals surface area contributed by atoms with Crippen LogP contribution in [-0.2, 0) is 13.6 Å². The molecule has 3 heterocycles. The highest BCUT2D eigenvalue weighted by atomic mass is 16.1. The minimum absolute atomic E-state index is 0.0643. The van der Waals surface area contributed by atoms with E-state index in [1.165, 1.54) is 5.56 Å². The molecule has 0 radical (unpaired) electrons. The van der Waals surface area contributed by atoms with Crippen molar-refractivity contribution in [3.8, 4) is 6.07 Å². The van der Waals surface area contributed by atoms with Crippen molar-refractivity contribution >= 4 is 16.7 Å². The molecule has 29 heavy (non-hydrogen) atoms. The minimum atomic E-state index is -0.0643. The predicted octanol–water partition coefficient (Wildman–Crippen LogP) is 2.90. The standard InChI is InChI=1S/C23H25N5O/c1-16-14-28(17(2)13-27(16)15-18-7-5-4-6-8-18)21-11-22(29)26(3)20-10-9-19(12-24)25-23(20)21/h4-11,16-17H,13-15H2,1-3H3/t16-,17+/m1/s1. The molecule has 0 aliphatic carbocycles. The molecular weight excluding hydrogens is 362 g/mol. The fourth-order valence-corrected chi connectivity index (χ4v) is 4.17. The SMILES string of the molecule is C[C@@H]1CN(c2cc(=O)n(C)c3ccc(C#N)nc23)[C@@H](C)CN1Cc1ccccc1. The summed E-state index contributed by atoms with van der Waals surface area (Å²) in [6.45, 7) is 7.01. The van der Waals surface area contributed by atoms with Gasteiger partial charge in [-0.2, -0.15) is 5.26 Å². The number of benzene rings is 1. The first-order valence-electron chi connectivity index (χ1n) is 9.93. The van der Waals surface area contributed by atoms with Gasteiger partial charge in [0.15, 0.2) is 0 Å². The molecule has 1 saturated heterocycles. The van der Waals surface area contributed by atoms with Crippen LogP contribution in [0.25, 0.3) is 11.0 Å². The average molecular weight is 387 g/mol. The van der Waals surface area contributed by atoms with Crippen molar-refractivity contribution < 1.29 is 0 Å². The van der Waals surface area contributed by atoms with Crippen LogP contribution in [0.1, 0.15) is 25.1 Å². The largest absolute Gasteiger partial charge is 0.364 e. The minimum Gasteiger partial charge on any atom is -0.364 e. The lowest BCUT2D eigenvalue weighted by Crippen LogP contribution is -2.56. The van der Waals surface area contributed by atoms with Gasteiger partial charge in [-0.15, -0.1) is 0 Å².